The number of ketones is 1. The van der Waals surface area contributed by atoms with Gasteiger partial charge in [-0.2, -0.15) is 0 Å². The van der Waals surface area contributed by atoms with Crippen LogP contribution in [0, 0.1) is 5.92 Å². The summed E-state index contributed by atoms with van der Waals surface area (Å²) < 4.78 is 4.54. The van der Waals surface area contributed by atoms with E-state index in [-0.39, 0.29) is 11.8 Å². The maximum Gasteiger partial charge on any atom is 0.305 e. The summed E-state index contributed by atoms with van der Waals surface area (Å²) in [5, 5.41) is 0. The summed E-state index contributed by atoms with van der Waals surface area (Å²) in [5.41, 5.74) is 0. The number of methoxy groups -OCH3 is 1. The van der Waals surface area contributed by atoms with Crippen LogP contribution < -0.4 is 0 Å². The van der Waals surface area contributed by atoms with Gasteiger partial charge in [0.15, 0.2) is 0 Å². The molecule has 0 amide bonds. The largest absolute Gasteiger partial charge is 0.469 e. The van der Waals surface area contributed by atoms with Gasteiger partial charge in [0.2, 0.25) is 0 Å². The van der Waals surface area contributed by atoms with Crippen LogP contribution in [0.1, 0.15) is 46.0 Å². The molecule has 82 valence electrons. The van der Waals surface area contributed by atoms with E-state index in [1.165, 1.54) is 7.11 Å². The molecule has 0 N–H and O–H groups in total. The monoisotopic (exact) mass is 200 g/mol. The number of ether oxygens (including phenoxy) is 1. The minimum Gasteiger partial charge on any atom is -0.469 e. The molecule has 0 aliphatic heterocycles. The van der Waals surface area contributed by atoms with E-state index in [4.69, 9.17) is 0 Å². The molecule has 0 heterocycles. The maximum atomic E-state index is 10.8. The smallest absolute Gasteiger partial charge is 0.305 e. The van der Waals surface area contributed by atoms with Gasteiger partial charge in [-0.15, -0.1) is 0 Å². The lowest BCUT2D eigenvalue weighted by Crippen LogP contribution is -2.03. The highest BCUT2D eigenvalue weighted by Gasteiger charge is 2.06. The standard InChI is InChI=1S/C11H20O3/c1-9(7-8-10(2)12)5-4-6-11(13)14-3/h9H,4-8H2,1-3H3/t9-/m1/s1. The summed E-state index contributed by atoms with van der Waals surface area (Å²) >= 11 is 0. The van der Waals surface area contributed by atoms with E-state index >= 15 is 0 Å². The van der Waals surface area contributed by atoms with E-state index in [0.717, 1.165) is 19.3 Å². The maximum absolute atomic E-state index is 10.8. The van der Waals surface area contributed by atoms with Crippen LogP contribution in [0.3, 0.4) is 0 Å². The molecule has 0 fully saturated rings. The lowest BCUT2D eigenvalue weighted by molar-refractivity contribution is -0.140. The summed E-state index contributed by atoms with van der Waals surface area (Å²) in [6.45, 7) is 3.72. The predicted molar refractivity (Wildman–Crippen MR) is 54.9 cm³/mol. The molecule has 0 saturated carbocycles. The van der Waals surface area contributed by atoms with Crippen LogP contribution in [-0.4, -0.2) is 18.9 Å². The lowest BCUT2D eigenvalue weighted by atomic mass is 9.98. The first-order valence-corrected chi connectivity index (χ1v) is 5.12. The molecule has 1 atom stereocenters. The molecule has 0 aromatic rings. The molecule has 0 aromatic carbocycles. The minimum atomic E-state index is -0.149. The summed E-state index contributed by atoms with van der Waals surface area (Å²) in [7, 11) is 1.40. The Hall–Kier alpha value is -0.860. The van der Waals surface area contributed by atoms with E-state index < -0.39 is 0 Å². The quantitative estimate of drug-likeness (QED) is 0.592. The zero-order chi connectivity index (χ0) is 11.0. The van der Waals surface area contributed by atoms with Crippen molar-refractivity contribution in [2.45, 2.75) is 46.0 Å². The number of carbonyl (C=O) groups excluding carboxylic acids is 2. The summed E-state index contributed by atoms with van der Waals surface area (Å²) in [6, 6.07) is 0. The van der Waals surface area contributed by atoms with Crippen molar-refractivity contribution in [1.82, 2.24) is 0 Å². The molecule has 3 heteroatoms. The predicted octanol–water partition coefficient (Wildman–Crippen LogP) is 2.33. The topological polar surface area (TPSA) is 43.4 Å². The van der Waals surface area contributed by atoms with E-state index in [0.29, 0.717) is 18.8 Å². The second kappa shape index (κ2) is 7.54. The molecule has 0 aliphatic rings. The highest BCUT2D eigenvalue weighted by Crippen LogP contribution is 2.14. The molecule has 0 bridgehead atoms. The van der Waals surface area contributed by atoms with Gasteiger partial charge in [-0.25, -0.2) is 0 Å². The van der Waals surface area contributed by atoms with Crippen molar-refractivity contribution in [2.24, 2.45) is 5.92 Å². The van der Waals surface area contributed by atoms with Crippen LogP contribution in [0.5, 0.6) is 0 Å². The first kappa shape index (κ1) is 13.1. The van der Waals surface area contributed by atoms with Gasteiger partial charge in [-0.05, 0) is 25.7 Å². The van der Waals surface area contributed by atoms with Gasteiger partial charge in [0, 0.05) is 12.8 Å². The van der Waals surface area contributed by atoms with Crippen molar-refractivity contribution >= 4 is 11.8 Å². The highest BCUT2D eigenvalue weighted by molar-refractivity contribution is 5.75. The van der Waals surface area contributed by atoms with Crippen LogP contribution >= 0.6 is 0 Å². The third-order valence-electron chi connectivity index (χ3n) is 2.29. The zero-order valence-corrected chi connectivity index (χ0v) is 9.34. The molecular weight excluding hydrogens is 180 g/mol. The van der Waals surface area contributed by atoms with Gasteiger partial charge in [-0.3, -0.25) is 4.79 Å². The molecule has 3 nitrogen and oxygen atoms in total. The molecule has 0 saturated heterocycles. The molecule has 0 aromatic heterocycles. The Bertz CT molecular complexity index is 187. The number of Topliss-reactive ketones (excluding diaryl/α,β-unsaturated/α-hetero) is 1. The number of esters is 1. The fourth-order valence-corrected chi connectivity index (χ4v) is 1.29. The Kier molecular flexibility index (Phi) is 7.07. The molecule has 14 heavy (non-hydrogen) atoms. The lowest BCUT2D eigenvalue weighted by Gasteiger charge is -2.08. The fraction of sp³-hybridized carbons (Fsp3) is 0.818. The second-order valence-corrected chi connectivity index (χ2v) is 3.81. The van der Waals surface area contributed by atoms with Crippen LogP contribution in [0.25, 0.3) is 0 Å². The first-order chi connectivity index (χ1) is 6.56. The summed E-state index contributed by atoms with van der Waals surface area (Å²) in [5.74, 6) is 0.608. The number of carbonyl (C=O) groups is 2. The van der Waals surface area contributed by atoms with Crippen LogP contribution in [-0.2, 0) is 14.3 Å². The molecule has 0 unspecified atom stereocenters. The molecule has 0 rings (SSSR count). The third-order valence-corrected chi connectivity index (χ3v) is 2.29. The Morgan fingerprint density at radius 3 is 2.36 bits per heavy atom. The van der Waals surface area contributed by atoms with E-state index in [1.54, 1.807) is 6.92 Å². The average molecular weight is 200 g/mol. The van der Waals surface area contributed by atoms with Crippen molar-refractivity contribution in [3.8, 4) is 0 Å². The Balaban J connectivity index is 3.39. The van der Waals surface area contributed by atoms with Crippen molar-refractivity contribution < 1.29 is 14.3 Å². The minimum absolute atomic E-state index is 0.149. The van der Waals surface area contributed by atoms with Gasteiger partial charge in [0.25, 0.3) is 0 Å². The van der Waals surface area contributed by atoms with Crippen LogP contribution in [0.2, 0.25) is 0 Å². The van der Waals surface area contributed by atoms with Crippen molar-refractivity contribution in [2.75, 3.05) is 7.11 Å². The fourth-order valence-electron chi connectivity index (χ4n) is 1.29. The van der Waals surface area contributed by atoms with Gasteiger partial charge < -0.3 is 9.53 Å². The molecule has 0 spiro atoms. The Labute approximate surface area is 85.8 Å². The molecule has 0 radical (unpaired) electrons. The number of hydrogen-bond acceptors (Lipinski definition) is 3. The summed E-state index contributed by atoms with van der Waals surface area (Å²) in [6.07, 6.45) is 3.91. The normalized spacial score (nSPS) is 12.2. The van der Waals surface area contributed by atoms with Crippen LogP contribution in [0.4, 0.5) is 0 Å². The Morgan fingerprint density at radius 1 is 1.21 bits per heavy atom. The van der Waals surface area contributed by atoms with Crippen molar-refractivity contribution in [3.63, 3.8) is 0 Å². The van der Waals surface area contributed by atoms with E-state index in [1.807, 2.05) is 0 Å². The van der Waals surface area contributed by atoms with Gasteiger partial charge in [0.1, 0.15) is 5.78 Å². The molecular formula is C11H20O3. The SMILES string of the molecule is COC(=O)CCC[C@@H](C)CCC(C)=O. The van der Waals surface area contributed by atoms with E-state index in [9.17, 15) is 9.59 Å². The number of rotatable bonds is 7. The van der Waals surface area contributed by atoms with Crippen molar-refractivity contribution in [1.29, 1.82) is 0 Å². The number of hydrogen-bond donors (Lipinski definition) is 0. The van der Waals surface area contributed by atoms with Gasteiger partial charge in [-0.1, -0.05) is 13.3 Å². The summed E-state index contributed by atoms with van der Waals surface area (Å²) in [4.78, 5) is 21.5. The third kappa shape index (κ3) is 7.77. The van der Waals surface area contributed by atoms with Gasteiger partial charge in [0.05, 0.1) is 7.11 Å². The van der Waals surface area contributed by atoms with E-state index in [2.05, 4.69) is 11.7 Å². The zero-order valence-electron chi connectivity index (χ0n) is 9.34. The molecule has 0 aliphatic carbocycles. The van der Waals surface area contributed by atoms with Crippen molar-refractivity contribution in [3.05, 3.63) is 0 Å². The Morgan fingerprint density at radius 2 is 1.86 bits per heavy atom. The second-order valence-electron chi connectivity index (χ2n) is 3.81. The van der Waals surface area contributed by atoms with Crippen LogP contribution in [0.15, 0.2) is 0 Å². The highest BCUT2D eigenvalue weighted by atomic mass is 16.5. The first-order valence-electron chi connectivity index (χ1n) is 5.12. The van der Waals surface area contributed by atoms with Gasteiger partial charge >= 0.3 is 5.97 Å². The average Bonchev–Trinajstić information content (AvgIpc) is 2.14.